The summed E-state index contributed by atoms with van der Waals surface area (Å²) in [6, 6.07) is 0. The molecule has 1 atom stereocenters. The topological polar surface area (TPSA) is 55.4 Å². The summed E-state index contributed by atoms with van der Waals surface area (Å²) in [5.41, 5.74) is -0.0775. The van der Waals surface area contributed by atoms with Gasteiger partial charge in [0.05, 0.1) is 0 Å². The highest BCUT2D eigenvalue weighted by Gasteiger charge is 2.23. The van der Waals surface area contributed by atoms with Gasteiger partial charge in [0.2, 0.25) is 5.91 Å². The summed E-state index contributed by atoms with van der Waals surface area (Å²) < 4.78 is 5.11. The molecule has 0 aromatic heterocycles. The average Bonchev–Trinajstić information content (AvgIpc) is 1.99. The van der Waals surface area contributed by atoms with E-state index in [2.05, 4.69) is 5.32 Å². The highest BCUT2D eigenvalue weighted by atomic mass is 16.5. The second-order valence-corrected chi connectivity index (χ2v) is 4.41. The summed E-state index contributed by atoms with van der Waals surface area (Å²) in [7, 11) is 0. The van der Waals surface area contributed by atoms with E-state index >= 15 is 0 Å². The Bertz CT molecular complexity index is 218. The maximum Gasteiger partial charge on any atom is 0.325 e. The molecule has 0 aromatic rings. The van der Waals surface area contributed by atoms with Crippen LogP contribution in [0.4, 0.5) is 0 Å². The van der Waals surface area contributed by atoms with Gasteiger partial charge in [0.25, 0.3) is 0 Å². The maximum absolute atomic E-state index is 11.2. The van der Waals surface area contributed by atoms with Crippen molar-refractivity contribution in [3.63, 3.8) is 0 Å². The van der Waals surface area contributed by atoms with Crippen LogP contribution in [0.5, 0.6) is 0 Å². The minimum absolute atomic E-state index is 0.0598. The van der Waals surface area contributed by atoms with Gasteiger partial charge in [-0.3, -0.25) is 9.59 Å². The molecule has 0 fully saturated rings. The second-order valence-electron chi connectivity index (χ2n) is 4.41. The van der Waals surface area contributed by atoms with Gasteiger partial charge in [-0.2, -0.15) is 0 Å². The Labute approximate surface area is 85.0 Å². The Morgan fingerprint density at radius 1 is 1.36 bits per heavy atom. The fourth-order valence-corrected chi connectivity index (χ4v) is 0.612. The summed E-state index contributed by atoms with van der Waals surface area (Å²) in [5, 5.41) is 2.39. The molecule has 4 heteroatoms. The summed E-state index contributed by atoms with van der Waals surface area (Å²) >= 11 is 0. The van der Waals surface area contributed by atoms with Crippen molar-refractivity contribution in [2.45, 2.75) is 40.7 Å². The van der Waals surface area contributed by atoms with Crippen molar-refractivity contribution in [3.05, 3.63) is 0 Å². The lowest BCUT2D eigenvalue weighted by Crippen LogP contribution is -2.34. The van der Waals surface area contributed by atoms with Crippen LogP contribution in [0.1, 0.15) is 34.6 Å². The van der Waals surface area contributed by atoms with Gasteiger partial charge < -0.3 is 10.1 Å². The minimum Gasteiger partial charge on any atom is -0.461 e. The molecule has 0 saturated carbocycles. The van der Waals surface area contributed by atoms with Gasteiger partial charge in [0, 0.05) is 6.92 Å². The van der Waals surface area contributed by atoms with Crippen molar-refractivity contribution in [1.82, 2.24) is 5.32 Å². The Hall–Kier alpha value is -1.06. The predicted molar refractivity (Wildman–Crippen MR) is 53.7 cm³/mol. The number of nitrogens with one attached hydrogen (secondary N) is 1. The summed E-state index contributed by atoms with van der Waals surface area (Å²) in [6.45, 7) is 9.11. The van der Waals surface area contributed by atoms with Crippen LogP contribution < -0.4 is 5.32 Å². The highest BCUT2D eigenvalue weighted by molar-refractivity contribution is 5.80. The highest BCUT2D eigenvalue weighted by Crippen LogP contribution is 2.21. The Balaban J connectivity index is 3.89. The number of ether oxygens (including phenoxy) is 1. The van der Waals surface area contributed by atoms with Gasteiger partial charge in [0.15, 0.2) is 0 Å². The van der Waals surface area contributed by atoms with Crippen molar-refractivity contribution in [2.75, 3.05) is 6.54 Å². The first-order valence-corrected chi connectivity index (χ1v) is 4.67. The first-order chi connectivity index (χ1) is 6.23. The van der Waals surface area contributed by atoms with Crippen molar-refractivity contribution >= 4 is 11.9 Å². The number of hydrogen-bond donors (Lipinski definition) is 1. The normalized spacial score (nSPS) is 13.2. The van der Waals surface area contributed by atoms with Crippen LogP contribution in [0, 0.1) is 5.41 Å². The van der Waals surface area contributed by atoms with Crippen LogP contribution in [0.2, 0.25) is 0 Å². The van der Waals surface area contributed by atoms with E-state index in [4.69, 9.17) is 4.74 Å². The van der Waals surface area contributed by atoms with Crippen molar-refractivity contribution in [1.29, 1.82) is 0 Å². The molecular formula is C10H19NO3. The summed E-state index contributed by atoms with van der Waals surface area (Å²) in [5.74, 6) is -0.631. The van der Waals surface area contributed by atoms with E-state index in [9.17, 15) is 9.59 Å². The van der Waals surface area contributed by atoms with Crippen molar-refractivity contribution < 1.29 is 14.3 Å². The molecule has 0 rings (SSSR count). The molecule has 1 amide bonds. The van der Waals surface area contributed by atoms with E-state index in [0.717, 1.165) is 0 Å². The molecule has 0 heterocycles. The minimum atomic E-state index is -0.400. The number of amides is 1. The lowest BCUT2D eigenvalue weighted by atomic mass is 9.90. The average molecular weight is 201 g/mol. The number of carbonyl (C=O) groups excluding carboxylic acids is 2. The molecule has 0 unspecified atom stereocenters. The zero-order chi connectivity index (χ0) is 11.4. The number of rotatable bonds is 3. The number of hydrogen-bond acceptors (Lipinski definition) is 3. The van der Waals surface area contributed by atoms with Crippen molar-refractivity contribution in [3.8, 4) is 0 Å². The molecular weight excluding hydrogens is 182 g/mol. The fourth-order valence-electron chi connectivity index (χ4n) is 0.612. The van der Waals surface area contributed by atoms with Gasteiger partial charge in [-0.15, -0.1) is 0 Å². The van der Waals surface area contributed by atoms with Crippen LogP contribution in [0.15, 0.2) is 0 Å². The van der Waals surface area contributed by atoms with Crippen LogP contribution in [-0.4, -0.2) is 24.5 Å². The van der Waals surface area contributed by atoms with Crippen LogP contribution >= 0.6 is 0 Å². The molecule has 0 radical (unpaired) electrons. The van der Waals surface area contributed by atoms with Crippen LogP contribution in [0.3, 0.4) is 0 Å². The SMILES string of the molecule is CC(=O)NCC(=O)O[C@H](C)C(C)(C)C. The second kappa shape index (κ2) is 4.98. The van der Waals surface area contributed by atoms with Gasteiger partial charge >= 0.3 is 5.97 Å². The Kier molecular flexibility index (Phi) is 4.60. The Morgan fingerprint density at radius 2 is 1.86 bits per heavy atom. The molecule has 14 heavy (non-hydrogen) atoms. The van der Waals surface area contributed by atoms with E-state index in [0.29, 0.717) is 0 Å². The molecule has 0 aromatic carbocycles. The Morgan fingerprint density at radius 3 is 2.21 bits per heavy atom. The molecule has 0 saturated heterocycles. The van der Waals surface area contributed by atoms with Gasteiger partial charge in [0.1, 0.15) is 12.6 Å². The smallest absolute Gasteiger partial charge is 0.325 e. The molecule has 0 aliphatic heterocycles. The third-order valence-corrected chi connectivity index (χ3v) is 2.01. The van der Waals surface area contributed by atoms with Gasteiger partial charge in [-0.1, -0.05) is 20.8 Å². The summed E-state index contributed by atoms with van der Waals surface area (Å²) in [6.07, 6.45) is -0.163. The van der Waals surface area contributed by atoms with E-state index < -0.39 is 5.97 Å². The third-order valence-electron chi connectivity index (χ3n) is 2.01. The molecule has 4 nitrogen and oxygen atoms in total. The lowest BCUT2D eigenvalue weighted by Gasteiger charge is -2.26. The zero-order valence-electron chi connectivity index (χ0n) is 9.51. The first-order valence-electron chi connectivity index (χ1n) is 4.67. The molecule has 82 valence electrons. The van der Waals surface area contributed by atoms with Gasteiger partial charge in [-0.05, 0) is 12.3 Å². The standard InChI is InChI=1S/C10H19NO3/c1-7(10(3,4)5)14-9(13)6-11-8(2)12/h7H,6H2,1-5H3,(H,11,12)/t7-/m1/s1. The van der Waals surface area contributed by atoms with E-state index in [1.165, 1.54) is 6.92 Å². The molecule has 0 spiro atoms. The van der Waals surface area contributed by atoms with E-state index in [1.54, 1.807) is 0 Å². The van der Waals surface area contributed by atoms with Crippen LogP contribution in [-0.2, 0) is 14.3 Å². The largest absolute Gasteiger partial charge is 0.461 e. The molecule has 0 aliphatic carbocycles. The fraction of sp³-hybridized carbons (Fsp3) is 0.800. The monoisotopic (exact) mass is 201 g/mol. The molecule has 0 aliphatic rings. The maximum atomic E-state index is 11.2. The lowest BCUT2D eigenvalue weighted by molar-refractivity contribution is -0.152. The van der Waals surface area contributed by atoms with E-state index in [1.807, 2.05) is 27.7 Å². The zero-order valence-corrected chi connectivity index (χ0v) is 9.51. The van der Waals surface area contributed by atoms with E-state index in [-0.39, 0.29) is 24.0 Å². The predicted octanol–water partition coefficient (Wildman–Crippen LogP) is 1.10. The van der Waals surface area contributed by atoms with Gasteiger partial charge in [-0.25, -0.2) is 0 Å². The molecule has 0 bridgehead atoms. The van der Waals surface area contributed by atoms with Crippen molar-refractivity contribution in [2.24, 2.45) is 5.41 Å². The first kappa shape index (κ1) is 12.9. The van der Waals surface area contributed by atoms with Crippen LogP contribution in [0.25, 0.3) is 0 Å². The third kappa shape index (κ3) is 5.56. The quantitative estimate of drug-likeness (QED) is 0.696. The number of esters is 1. The molecule has 1 N–H and O–H groups in total. The number of carbonyl (C=O) groups is 2. The summed E-state index contributed by atoms with van der Waals surface area (Å²) in [4.78, 5) is 21.7.